The van der Waals surface area contributed by atoms with Gasteiger partial charge in [-0.1, -0.05) is 35.9 Å². The van der Waals surface area contributed by atoms with Gasteiger partial charge in [-0.15, -0.1) is 0 Å². The molecule has 0 aliphatic rings. The van der Waals surface area contributed by atoms with Gasteiger partial charge in [0.2, 0.25) is 40.1 Å². The van der Waals surface area contributed by atoms with Crippen molar-refractivity contribution in [2.45, 2.75) is 27.1 Å². The standard InChI is InChI=1S/C7H9NO2S.C6H6N2O4S.C6H7NO2S.CH2F3NO2S.CH5NO2S/c1-6-2-4-7(5-3-6)11(8,9)10;7-13(11,12)6-3-1-5(2-4-6)8(9)10;7-10(8,9)6-4-2-1-3-5-6;2-1(3,4)8(5,6)7;1-5(2,3)4/h2-5H,1H3,(H2,8,9,10);1-4H,(H2,7,11,12);1-5H,(H2,7,8,9);(H2,5,6,7);1H3,(H2,2,3,4). The van der Waals surface area contributed by atoms with E-state index in [-0.39, 0.29) is 20.4 Å². The second-order valence-electron chi connectivity index (χ2n) is 8.33. The van der Waals surface area contributed by atoms with Crippen molar-refractivity contribution in [1.29, 1.82) is 0 Å². The molecule has 0 fully saturated rings. The number of nitrogens with zero attached hydrogens (tertiary/aromatic N) is 1. The van der Waals surface area contributed by atoms with Gasteiger partial charge in [0, 0.05) is 12.1 Å². The molecule has 3 rings (SSSR count). The average molecular weight is 775 g/mol. The van der Waals surface area contributed by atoms with Gasteiger partial charge in [0.05, 0.1) is 25.9 Å². The highest BCUT2D eigenvalue weighted by atomic mass is 32.2. The number of benzene rings is 3. The summed E-state index contributed by atoms with van der Waals surface area (Å²) in [7, 11) is -19.3. The summed E-state index contributed by atoms with van der Waals surface area (Å²) in [4.78, 5) is 9.73. The van der Waals surface area contributed by atoms with E-state index < -0.39 is 60.5 Å². The molecule has 0 saturated heterocycles. The smallest absolute Gasteiger partial charge is 0.258 e. The van der Waals surface area contributed by atoms with Crippen LogP contribution in [0.2, 0.25) is 0 Å². The van der Waals surface area contributed by atoms with E-state index in [1.165, 1.54) is 24.3 Å². The highest BCUT2D eigenvalue weighted by molar-refractivity contribution is 7.90. The van der Waals surface area contributed by atoms with E-state index in [0.717, 1.165) is 36.1 Å². The van der Waals surface area contributed by atoms with Gasteiger partial charge < -0.3 is 0 Å². The minimum Gasteiger partial charge on any atom is -0.258 e. The summed E-state index contributed by atoms with van der Waals surface area (Å²) in [6.45, 7) is 1.88. The fourth-order valence-electron chi connectivity index (χ4n) is 2.10. The van der Waals surface area contributed by atoms with Crippen molar-refractivity contribution in [1.82, 2.24) is 0 Å². The second-order valence-corrected chi connectivity index (χ2v) is 16.2. The van der Waals surface area contributed by atoms with Crippen molar-refractivity contribution >= 4 is 55.8 Å². The molecule has 0 spiro atoms. The van der Waals surface area contributed by atoms with Crippen LogP contribution < -0.4 is 25.7 Å². The summed E-state index contributed by atoms with van der Waals surface area (Å²) in [5.74, 6) is 0. The van der Waals surface area contributed by atoms with Gasteiger partial charge in [-0.2, -0.15) is 13.2 Å². The van der Waals surface area contributed by atoms with Crippen molar-refractivity contribution in [3.05, 3.63) is 94.5 Å². The van der Waals surface area contributed by atoms with E-state index in [1.54, 1.807) is 30.3 Å². The Hall–Kier alpha value is -3.60. The van der Waals surface area contributed by atoms with Gasteiger partial charge in [0.15, 0.2) is 0 Å². The number of nitrogens with two attached hydrogens (primary N) is 5. The van der Waals surface area contributed by atoms with Crippen LogP contribution in [-0.2, 0) is 50.1 Å². The third-order valence-corrected chi connectivity index (χ3v) is 7.55. The molecule has 0 unspecified atom stereocenters. The molecule has 0 amide bonds. The molecule has 3 aromatic carbocycles. The Bertz CT molecular complexity index is 2000. The Balaban J connectivity index is 0. The Morgan fingerprint density at radius 2 is 0.830 bits per heavy atom. The third-order valence-electron chi connectivity index (χ3n) is 4.12. The molecular formula is C21H29F3N6O12S5. The van der Waals surface area contributed by atoms with Crippen LogP contribution in [0.5, 0.6) is 0 Å². The maximum absolute atomic E-state index is 10.8. The first-order valence-electron chi connectivity index (χ1n) is 11.3. The van der Waals surface area contributed by atoms with Crippen LogP contribution in [0.3, 0.4) is 0 Å². The SMILES string of the molecule is CS(N)(=O)=O.Cc1ccc(S(N)(=O)=O)cc1.NS(=O)(=O)C(F)(F)F.NS(=O)(=O)c1ccc([N+](=O)[O-])cc1.NS(=O)(=O)c1ccccc1. The highest BCUT2D eigenvalue weighted by Gasteiger charge is 2.42. The molecule has 0 aromatic heterocycles. The van der Waals surface area contributed by atoms with Crippen LogP contribution >= 0.6 is 0 Å². The number of primary sulfonamides is 5. The Morgan fingerprint density at radius 3 is 1.04 bits per heavy atom. The number of hydrogen-bond donors (Lipinski definition) is 5. The Kier molecular flexibility index (Phi) is 17.5. The fraction of sp³-hybridized carbons (Fsp3) is 0.143. The average Bonchev–Trinajstić information content (AvgIpc) is 2.87. The number of aryl methyl sites for hydroxylation is 1. The molecule has 18 nitrogen and oxygen atoms in total. The zero-order valence-electron chi connectivity index (χ0n) is 23.9. The maximum atomic E-state index is 10.8. The van der Waals surface area contributed by atoms with Crippen LogP contribution in [-0.4, -0.2) is 58.8 Å². The second kappa shape index (κ2) is 18.1. The van der Waals surface area contributed by atoms with E-state index in [1.807, 2.05) is 6.92 Å². The van der Waals surface area contributed by atoms with Crippen molar-refractivity contribution in [2.75, 3.05) is 6.26 Å². The normalized spacial score (nSPS) is 11.8. The van der Waals surface area contributed by atoms with Gasteiger partial charge in [-0.25, -0.2) is 67.8 Å². The Labute approximate surface area is 268 Å². The molecule has 10 N–H and O–H groups in total. The monoisotopic (exact) mass is 774 g/mol. The topological polar surface area (TPSA) is 344 Å². The minimum absolute atomic E-state index is 0.141. The van der Waals surface area contributed by atoms with Crippen LogP contribution in [0.1, 0.15) is 5.56 Å². The van der Waals surface area contributed by atoms with Gasteiger partial charge >= 0.3 is 15.5 Å². The molecule has 266 valence electrons. The first-order chi connectivity index (χ1) is 20.8. The summed E-state index contributed by atoms with van der Waals surface area (Å²) in [6.07, 6.45) is 0.938. The summed E-state index contributed by atoms with van der Waals surface area (Å²) in [5.41, 5.74) is -4.47. The number of non-ortho nitro benzene ring substituents is 1. The lowest BCUT2D eigenvalue weighted by Gasteiger charge is -1.98. The lowest BCUT2D eigenvalue weighted by molar-refractivity contribution is -0.384. The molecule has 47 heavy (non-hydrogen) atoms. The van der Waals surface area contributed by atoms with Crippen molar-refractivity contribution in [2.24, 2.45) is 25.7 Å². The zero-order valence-corrected chi connectivity index (χ0v) is 28.0. The molecule has 0 aliphatic carbocycles. The van der Waals surface area contributed by atoms with E-state index in [0.29, 0.717) is 0 Å². The van der Waals surface area contributed by atoms with E-state index in [4.69, 9.17) is 15.4 Å². The predicted octanol–water partition coefficient (Wildman–Crippen LogP) is -0.0820. The summed E-state index contributed by atoms with van der Waals surface area (Å²) < 4.78 is 134. The van der Waals surface area contributed by atoms with Crippen molar-refractivity contribution < 1.29 is 60.2 Å². The number of alkyl halides is 3. The quantitative estimate of drug-likeness (QED) is 0.172. The number of nitro benzene ring substituents is 1. The third kappa shape index (κ3) is 22.5. The molecule has 0 bridgehead atoms. The number of hydrogen-bond acceptors (Lipinski definition) is 12. The van der Waals surface area contributed by atoms with Crippen LogP contribution in [0, 0.1) is 17.0 Å². The number of rotatable bonds is 4. The van der Waals surface area contributed by atoms with Gasteiger partial charge in [-0.05, 0) is 43.3 Å². The van der Waals surface area contributed by atoms with Crippen LogP contribution in [0.25, 0.3) is 0 Å². The maximum Gasteiger partial charge on any atom is 0.511 e. The highest BCUT2D eigenvalue weighted by Crippen LogP contribution is 2.19. The van der Waals surface area contributed by atoms with Gasteiger partial charge in [0.1, 0.15) is 0 Å². The molecule has 0 saturated carbocycles. The first kappa shape index (κ1) is 45.5. The predicted molar refractivity (Wildman–Crippen MR) is 163 cm³/mol. The molecule has 0 heterocycles. The molecule has 3 aromatic rings. The molecule has 0 atom stereocenters. The zero-order chi connectivity index (χ0) is 37.7. The molecule has 26 heteroatoms. The van der Waals surface area contributed by atoms with E-state index in [9.17, 15) is 65.4 Å². The summed E-state index contributed by atoms with van der Waals surface area (Å²) >= 11 is 0. The van der Waals surface area contributed by atoms with Gasteiger partial charge in [0.25, 0.3) is 5.69 Å². The Morgan fingerprint density at radius 1 is 0.574 bits per heavy atom. The largest absolute Gasteiger partial charge is 0.511 e. The fourth-order valence-corrected chi connectivity index (χ4v) is 3.66. The minimum atomic E-state index is -5.34. The first-order valence-corrected chi connectivity index (χ1v) is 19.4. The van der Waals surface area contributed by atoms with Crippen LogP contribution in [0.15, 0.2) is 93.5 Å². The number of sulfonamides is 5. The van der Waals surface area contributed by atoms with E-state index in [2.05, 4.69) is 10.3 Å². The van der Waals surface area contributed by atoms with Gasteiger partial charge in [-0.3, -0.25) is 10.1 Å². The molecule has 0 radical (unpaired) electrons. The number of halogens is 3. The molecule has 0 aliphatic heterocycles. The van der Waals surface area contributed by atoms with Crippen molar-refractivity contribution in [3.8, 4) is 0 Å². The van der Waals surface area contributed by atoms with Crippen LogP contribution in [0.4, 0.5) is 18.9 Å². The lowest BCUT2D eigenvalue weighted by atomic mass is 10.2. The lowest BCUT2D eigenvalue weighted by Crippen LogP contribution is -2.30. The number of nitro groups is 1. The van der Waals surface area contributed by atoms with E-state index >= 15 is 0 Å². The van der Waals surface area contributed by atoms with Crippen molar-refractivity contribution in [3.63, 3.8) is 0 Å². The summed E-state index contributed by atoms with van der Waals surface area (Å²) in [6, 6.07) is 18.6. The molecular weight excluding hydrogens is 746 g/mol. The summed E-state index contributed by atoms with van der Waals surface area (Å²) in [5, 5.41) is 32.7.